The van der Waals surface area contributed by atoms with Gasteiger partial charge in [0.2, 0.25) is 0 Å². The fourth-order valence-electron chi connectivity index (χ4n) is 2.69. The lowest BCUT2D eigenvalue weighted by molar-refractivity contribution is 0.0906. The van der Waals surface area contributed by atoms with Gasteiger partial charge in [0.25, 0.3) is 0 Å². The highest BCUT2D eigenvalue weighted by molar-refractivity contribution is 5.30. The molecular weight excluding hydrogens is 338 g/mol. The van der Waals surface area contributed by atoms with Gasteiger partial charge in [0, 0.05) is 17.5 Å². The number of nitrogens with zero attached hydrogens (tertiary/aromatic N) is 5. The topological polar surface area (TPSA) is 56.5 Å². The SMILES string of the molecule is C[C@@H](c1ncncc1F)[C@](F)(Cn1cncn1)c1ccc(F)cc1F. The molecule has 5 nitrogen and oxygen atoms in total. The molecule has 2 aromatic heterocycles. The third-order valence-corrected chi connectivity index (χ3v) is 4.03. The van der Waals surface area contributed by atoms with Gasteiger partial charge in [0.1, 0.15) is 30.6 Å². The lowest BCUT2D eigenvalue weighted by atomic mass is 9.81. The van der Waals surface area contributed by atoms with Crippen LogP contribution in [0.25, 0.3) is 0 Å². The first-order valence-electron chi connectivity index (χ1n) is 7.34. The number of hydrogen-bond acceptors (Lipinski definition) is 4. The van der Waals surface area contributed by atoms with E-state index in [1.54, 1.807) is 0 Å². The van der Waals surface area contributed by atoms with Gasteiger partial charge in [0.05, 0.1) is 18.4 Å². The van der Waals surface area contributed by atoms with Crippen LogP contribution in [0.15, 0.2) is 43.4 Å². The van der Waals surface area contributed by atoms with Crippen LogP contribution in [0.1, 0.15) is 24.1 Å². The van der Waals surface area contributed by atoms with E-state index in [4.69, 9.17) is 0 Å². The highest BCUT2D eigenvalue weighted by atomic mass is 19.2. The zero-order valence-electron chi connectivity index (χ0n) is 13.1. The summed E-state index contributed by atoms with van der Waals surface area (Å²) in [5, 5.41) is 3.81. The molecule has 0 saturated carbocycles. The zero-order chi connectivity index (χ0) is 18.0. The summed E-state index contributed by atoms with van der Waals surface area (Å²) in [6, 6.07) is 2.52. The molecule has 0 N–H and O–H groups in total. The maximum absolute atomic E-state index is 16.1. The Hall–Kier alpha value is -2.84. The average Bonchev–Trinajstić information content (AvgIpc) is 3.07. The minimum Gasteiger partial charge on any atom is -0.249 e. The van der Waals surface area contributed by atoms with Crippen LogP contribution in [-0.4, -0.2) is 24.7 Å². The number of halogens is 4. The first kappa shape index (κ1) is 17.0. The molecule has 0 aliphatic heterocycles. The van der Waals surface area contributed by atoms with Gasteiger partial charge in [-0.2, -0.15) is 5.10 Å². The van der Waals surface area contributed by atoms with E-state index in [0.29, 0.717) is 6.07 Å². The first-order valence-corrected chi connectivity index (χ1v) is 7.34. The summed E-state index contributed by atoms with van der Waals surface area (Å²) in [6.45, 7) is 0.908. The molecule has 0 unspecified atom stereocenters. The Morgan fingerprint density at radius 1 is 1.12 bits per heavy atom. The van der Waals surface area contributed by atoms with Crippen LogP contribution >= 0.6 is 0 Å². The van der Waals surface area contributed by atoms with Crippen molar-refractivity contribution in [3.63, 3.8) is 0 Å². The fourth-order valence-corrected chi connectivity index (χ4v) is 2.69. The molecular formula is C16H13F4N5. The molecule has 0 aliphatic rings. The smallest absolute Gasteiger partial charge is 0.166 e. The Morgan fingerprint density at radius 3 is 2.56 bits per heavy atom. The monoisotopic (exact) mass is 351 g/mol. The average molecular weight is 351 g/mol. The summed E-state index contributed by atoms with van der Waals surface area (Å²) in [6.07, 6.45) is 4.41. The second-order valence-corrected chi connectivity index (χ2v) is 5.56. The van der Waals surface area contributed by atoms with Gasteiger partial charge < -0.3 is 0 Å². The first-order chi connectivity index (χ1) is 11.9. The van der Waals surface area contributed by atoms with E-state index in [-0.39, 0.29) is 5.69 Å². The Bertz CT molecular complexity index is 871. The second kappa shape index (κ2) is 6.58. The highest BCUT2D eigenvalue weighted by Crippen LogP contribution is 2.43. The highest BCUT2D eigenvalue weighted by Gasteiger charge is 2.44. The van der Waals surface area contributed by atoms with Crippen LogP contribution in [-0.2, 0) is 12.2 Å². The normalized spacial score (nSPS) is 14.9. The van der Waals surface area contributed by atoms with Crippen LogP contribution in [0.3, 0.4) is 0 Å². The molecule has 2 heterocycles. The van der Waals surface area contributed by atoms with E-state index < -0.39 is 41.1 Å². The minimum absolute atomic E-state index is 0.221. The quantitative estimate of drug-likeness (QED) is 0.663. The third kappa shape index (κ3) is 3.21. The summed E-state index contributed by atoms with van der Waals surface area (Å²) >= 11 is 0. The van der Waals surface area contributed by atoms with Crippen molar-refractivity contribution in [2.75, 3.05) is 0 Å². The van der Waals surface area contributed by atoms with Crippen molar-refractivity contribution < 1.29 is 17.6 Å². The van der Waals surface area contributed by atoms with E-state index in [2.05, 4.69) is 20.1 Å². The van der Waals surface area contributed by atoms with E-state index in [1.165, 1.54) is 19.6 Å². The number of aromatic nitrogens is 5. The molecule has 25 heavy (non-hydrogen) atoms. The predicted molar refractivity (Wildman–Crippen MR) is 79.6 cm³/mol. The Kier molecular flexibility index (Phi) is 4.47. The lowest BCUT2D eigenvalue weighted by Gasteiger charge is -2.32. The molecule has 0 fully saturated rings. The minimum atomic E-state index is -2.46. The molecule has 0 radical (unpaired) electrons. The maximum Gasteiger partial charge on any atom is 0.166 e. The van der Waals surface area contributed by atoms with Crippen molar-refractivity contribution in [2.45, 2.75) is 25.1 Å². The van der Waals surface area contributed by atoms with Crippen LogP contribution in [0, 0.1) is 17.5 Å². The second-order valence-electron chi connectivity index (χ2n) is 5.56. The van der Waals surface area contributed by atoms with Crippen molar-refractivity contribution in [3.8, 4) is 0 Å². The third-order valence-electron chi connectivity index (χ3n) is 4.03. The van der Waals surface area contributed by atoms with Crippen LogP contribution in [0.5, 0.6) is 0 Å². The van der Waals surface area contributed by atoms with Crippen LogP contribution in [0.4, 0.5) is 17.6 Å². The van der Waals surface area contributed by atoms with Gasteiger partial charge >= 0.3 is 0 Å². The van der Waals surface area contributed by atoms with E-state index in [0.717, 1.165) is 29.3 Å². The zero-order valence-corrected chi connectivity index (χ0v) is 13.1. The van der Waals surface area contributed by atoms with Crippen molar-refractivity contribution in [3.05, 3.63) is 72.1 Å². The van der Waals surface area contributed by atoms with E-state index >= 15 is 4.39 Å². The number of hydrogen-bond donors (Lipinski definition) is 0. The molecule has 0 saturated heterocycles. The lowest BCUT2D eigenvalue weighted by Crippen LogP contribution is -2.35. The number of benzene rings is 1. The molecule has 130 valence electrons. The van der Waals surface area contributed by atoms with Crippen LogP contribution in [0.2, 0.25) is 0 Å². The molecule has 9 heteroatoms. The Labute approximate surface area is 140 Å². The molecule has 0 bridgehead atoms. The molecule has 2 atom stereocenters. The van der Waals surface area contributed by atoms with Crippen molar-refractivity contribution in [1.29, 1.82) is 0 Å². The van der Waals surface area contributed by atoms with Crippen molar-refractivity contribution >= 4 is 0 Å². The van der Waals surface area contributed by atoms with Crippen molar-refractivity contribution in [2.24, 2.45) is 0 Å². The standard InChI is InChI=1S/C16H13F4N5/c1-10(15-14(19)5-21-7-23-15)16(20,6-25-9-22-8-24-25)12-3-2-11(17)4-13(12)18/h2-5,7-10H,6H2,1H3/t10-,16+/m0/s1. The van der Waals surface area contributed by atoms with E-state index in [1.807, 2.05) is 0 Å². The molecule has 3 rings (SSSR count). The largest absolute Gasteiger partial charge is 0.249 e. The number of alkyl halides is 1. The maximum atomic E-state index is 16.1. The molecule has 3 aromatic rings. The predicted octanol–water partition coefficient (Wildman–Crippen LogP) is 3.15. The van der Waals surface area contributed by atoms with Gasteiger partial charge in [-0.1, -0.05) is 6.92 Å². The molecule has 1 aromatic carbocycles. The summed E-state index contributed by atoms with van der Waals surface area (Å²) < 4.78 is 58.8. The van der Waals surface area contributed by atoms with Crippen LogP contribution < -0.4 is 0 Å². The Morgan fingerprint density at radius 2 is 1.92 bits per heavy atom. The van der Waals surface area contributed by atoms with Gasteiger partial charge in [-0.05, 0) is 12.1 Å². The summed E-state index contributed by atoms with van der Waals surface area (Å²) in [7, 11) is 0. The van der Waals surface area contributed by atoms with Gasteiger partial charge in [-0.3, -0.25) is 0 Å². The van der Waals surface area contributed by atoms with Gasteiger partial charge in [-0.15, -0.1) is 0 Å². The summed E-state index contributed by atoms with van der Waals surface area (Å²) in [5.74, 6) is -3.95. The molecule has 0 aliphatic carbocycles. The van der Waals surface area contributed by atoms with Crippen molar-refractivity contribution in [1.82, 2.24) is 24.7 Å². The summed E-state index contributed by atoms with van der Waals surface area (Å²) in [5.41, 5.74) is -3.10. The Balaban J connectivity index is 2.13. The summed E-state index contributed by atoms with van der Waals surface area (Å²) in [4.78, 5) is 11.0. The number of rotatable bonds is 5. The molecule has 0 spiro atoms. The van der Waals surface area contributed by atoms with Gasteiger partial charge in [0.15, 0.2) is 11.5 Å². The van der Waals surface area contributed by atoms with E-state index in [9.17, 15) is 13.2 Å². The fraction of sp³-hybridized carbons (Fsp3) is 0.250. The molecule has 0 amide bonds. The van der Waals surface area contributed by atoms with Gasteiger partial charge in [-0.25, -0.2) is 37.2 Å².